The van der Waals surface area contributed by atoms with Crippen molar-refractivity contribution in [1.29, 1.82) is 0 Å². The number of aliphatic hydroxyl groups excluding tert-OH is 1. The van der Waals surface area contributed by atoms with Gasteiger partial charge in [-0.2, -0.15) is 0 Å². The number of carbonyl (C=O) groups is 1. The molecule has 0 aliphatic carbocycles. The van der Waals surface area contributed by atoms with Gasteiger partial charge in [-0.15, -0.1) is 0 Å². The number of rotatable bonds is 15. The Balaban J connectivity index is 3.18. The van der Waals surface area contributed by atoms with Gasteiger partial charge < -0.3 is 10.2 Å². The fraction of sp³-hybridized carbons (Fsp3) is 0.944. The van der Waals surface area contributed by atoms with Crippen LogP contribution >= 0.6 is 0 Å². The van der Waals surface area contributed by atoms with Crippen molar-refractivity contribution in [2.75, 3.05) is 6.61 Å². The maximum atomic E-state index is 11.0. The van der Waals surface area contributed by atoms with Crippen LogP contribution in [0.2, 0.25) is 0 Å². The predicted molar refractivity (Wildman–Crippen MR) is 88.5 cm³/mol. The Morgan fingerprint density at radius 2 is 1.05 bits per heavy atom. The Hall–Kier alpha value is -0.570. The predicted octanol–water partition coefficient (Wildman–Crippen LogP) is 5.16. The molecule has 3 heteroatoms. The lowest BCUT2D eigenvalue weighted by Crippen LogP contribution is -2.23. The molecule has 0 heterocycles. The van der Waals surface area contributed by atoms with E-state index in [4.69, 9.17) is 10.2 Å². The minimum Gasteiger partial charge on any atom is -0.481 e. The summed E-state index contributed by atoms with van der Waals surface area (Å²) in [6.45, 7) is 3.97. The fourth-order valence-electron chi connectivity index (χ4n) is 2.55. The first-order valence-electron chi connectivity index (χ1n) is 8.85. The smallest absolute Gasteiger partial charge is 0.309 e. The molecule has 126 valence electrons. The highest BCUT2D eigenvalue weighted by Gasteiger charge is 2.25. The lowest BCUT2D eigenvalue weighted by molar-refractivity contribution is -0.147. The standard InChI is InChI=1S/C18H36O3/c1-18(2,17(20)21)15-13-11-9-7-5-3-4-6-8-10-12-14-16-19/h19H,3-16H2,1-2H3,(H,20,21). The van der Waals surface area contributed by atoms with Gasteiger partial charge >= 0.3 is 5.97 Å². The number of carboxylic acids is 1. The van der Waals surface area contributed by atoms with Crippen molar-refractivity contribution in [3.63, 3.8) is 0 Å². The second-order valence-corrected chi connectivity index (χ2v) is 6.91. The molecule has 0 aliphatic rings. The Kier molecular flexibility index (Phi) is 12.8. The monoisotopic (exact) mass is 300 g/mol. The van der Waals surface area contributed by atoms with Crippen molar-refractivity contribution >= 4 is 5.97 Å². The normalized spacial score (nSPS) is 11.8. The summed E-state index contributed by atoms with van der Waals surface area (Å²) in [6, 6.07) is 0. The second-order valence-electron chi connectivity index (χ2n) is 6.91. The molecule has 0 fully saturated rings. The zero-order valence-corrected chi connectivity index (χ0v) is 14.2. The van der Waals surface area contributed by atoms with E-state index in [2.05, 4.69) is 0 Å². The van der Waals surface area contributed by atoms with Crippen LogP contribution < -0.4 is 0 Å². The molecule has 0 rings (SSSR count). The van der Waals surface area contributed by atoms with Crippen molar-refractivity contribution in [1.82, 2.24) is 0 Å². The number of carboxylic acid groups (broad SMARTS) is 1. The van der Waals surface area contributed by atoms with Crippen LogP contribution in [0.4, 0.5) is 0 Å². The summed E-state index contributed by atoms with van der Waals surface area (Å²) in [5.41, 5.74) is -0.559. The molecule has 0 unspecified atom stereocenters. The summed E-state index contributed by atoms with van der Waals surface area (Å²) in [6.07, 6.45) is 15.5. The third kappa shape index (κ3) is 12.9. The summed E-state index contributed by atoms with van der Waals surface area (Å²) in [5, 5.41) is 17.7. The van der Waals surface area contributed by atoms with Crippen LogP contribution in [-0.2, 0) is 4.79 Å². The third-order valence-corrected chi connectivity index (χ3v) is 4.29. The molecule has 0 atom stereocenters. The summed E-state index contributed by atoms with van der Waals surface area (Å²) in [4.78, 5) is 11.0. The number of aliphatic hydroxyl groups is 1. The highest BCUT2D eigenvalue weighted by molar-refractivity contribution is 5.73. The maximum absolute atomic E-state index is 11.0. The van der Waals surface area contributed by atoms with E-state index in [1.165, 1.54) is 57.8 Å². The van der Waals surface area contributed by atoms with Gasteiger partial charge in [0.25, 0.3) is 0 Å². The molecule has 3 nitrogen and oxygen atoms in total. The molecule has 0 aromatic heterocycles. The number of unbranched alkanes of at least 4 members (excludes halogenated alkanes) is 11. The average molecular weight is 300 g/mol. The molecule has 0 saturated carbocycles. The van der Waals surface area contributed by atoms with Crippen LogP contribution in [0.3, 0.4) is 0 Å². The molecular weight excluding hydrogens is 264 g/mol. The van der Waals surface area contributed by atoms with E-state index in [1.54, 1.807) is 0 Å². The van der Waals surface area contributed by atoms with Crippen LogP contribution in [0, 0.1) is 5.41 Å². The number of hydrogen-bond acceptors (Lipinski definition) is 2. The summed E-state index contributed by atoms with van der Waals surface area (Å²) in [7, 11) is 0. The molecule has 0 spiro atoms. The maximum Gasteiger partial charge on any atom is 0.309 e. The molecule has 21 heavy (non-hydrogen) atoms. The van der Waals surface area contributed by atoms with Gasteiger partial charge in [-0.1, -0.05) is 70.6 Å². The van der Waals surface area contributed by atoms with E-state index in [1.807, 2.05) is 13.8 Å². The average Bonchev–Trinajstić information content (AvgIpc) is 2.43. The molecule has 0 aromatic carbocycles. The Bertz CT molecular complexity index is 249. The zero-order valence-electron chi connectivity index (χ0n) is 14.2. The first kappa shape index (κ1) is 20.4. The summed E-state index contributed by atoms with van der Waals surface area (Å²) in [5.74, 6) is -0.679. The van der Waals surface area contributed by atoms with Gasteiger partial charge in [0.1, 0.15) is 0 Å². The minimum absolute atomic E-state index is 0.337. The van der Waals surface area contributed by atoms with Crippen LogP contribution in [0.25, 0.3) is 0 Å². The van der Waals surface area contributed by atoms with E-state index >= 15 is 0 Å². The van der Waals surface area contributed by atoms with E-state index in [0.717, 1.165) is 25.7 Å². The second kappa shape index (κ2) is 13.1. The van der Waals surface area contributed by atoms with E-state index in [-0.39, 0.29) is 0 Å². The molecule has 0 aromatic rings. The highest BCUT2D eigenvalue weighted by atomic mass is 16.4. The van der Waals surface area contributed by atoms with Crippen molar-refractivity contribution in [2.45, 2.75) is 97.3 Å². The molecule has 0 aliphatic heterocycles. The summed E-state index contributed by atoms with van der Waals surface area (Å²) < 4.78 is 0. The lowest BCUT2D eigenvalue weighted by Gasteiger charge is -2.18. The lowest BCUT2D eigenvalue weighted by atomic mass is 9.87. The molecular formula is C18H36O3. The van der Waals surface area contributed by atoms with Gasteiger partial charge in [0.2, 0.25) is 0 Å². The molecule has 0 bridgehead atoms. The van der Waals surface area contributed by atoms with Crippen LogP contribution in [0.5, 0.6) is 0 Å². The van der Waals surface area contributed by atoms with Crippen molar-refractivity contribution in [3.8, 4) is 0 Å². The van der Waals surface area contributed by atoms with Crippen molar-refractivity contribution in [3.05, 3.63) is 0 Å². The SMILES string of the molecule is CC(C)(CCCCCCCCCCCCCCO)C(=O)O. The summed E-state index contributed by atoms with van der Waals surface area (Å²) >= 11 is 0. The Morgan fingerprint density at radius 3 is 1.38 bits per heavy atom. The quantitative estimate of drug-likeness (QED) is 0.411. The number of hydrogen-bond donors (Lipinski definition) is 2. The van der Waals surface area contributed by atoms with Crippen LogP contribution in [0.1, 0.15) is 97.3 Å². The van der Waals surface area contributed by atoms with E-state index in [9.17, 15) is 4.79 Å². The van der Waals surface area contributed by atoms with Crippen molar-refractivity contribution < 1.29 is 15.0 Å². The molecule has 2 N–H and O–H groups in total. The van der Waals surface area contributed by atoms with Gasteiger partial charge in [0.15, 0.2) is 0 Å². The minimum atomic E-state index is -0.679. The molecule has 0 amide bonds. The molecule has 0 saturated heterocycles. The fourth-order valence-corrected chi connectivity index (χ4v) is 2.55. The topological polar surface area (TPSA) is 57.5 Å². The van der Waals surface area contributed by atoms with Gasteiger partial charge in [0, 0.05) is 6.61 Å². The van der Waals surface area contributed by atoms with Gasteiger partial charge in [-0.05, 0) is 26.7 Å². The van der Waals surface area contributed by atoms with Crippen LogP contribution in [-0.4, -0.2) is 22.8 Å². The Labute approximate surface area is 131 Å². The van der Waals surface area contributed by atoms with E-state index < -0.39 is 11.4 Å². The third-order valence-electron chi connectivity index (χ3n) is 4.29. The zero-order chi connectivity index (χ0) is 16.0. The van der Waals surface area contributed by atoms with E-state index in [0.29, 0.717) is 6.61 Å². The highest BCUT2D eigenvalue weighted by Crippen LogP contribution is 2.24. The number of aliphatic carboxylic acids is 1. The van der Waals surface area contributed by atoms with Crippen molar-refractivity contribution in [2.24, 2.45) is 5.41 Å². The molecule has 0 radical (unpaired) electrons. The van der Waals surface area contributed by atoms with Crippen LogP contribution in [0.15, 0.2) is 0 Å². The van der Waals surface area contributed by atoms with Gasteiger partial charge in [0.05, 0.1) is 5.41 Å². The van der Waals surface area contributed by atoms with Gasteiger partial charge in [-0.25, -0.2) is 0 Å². The first-order chi connectivity index (χ1) is 10.0. The first-order valence-corrected chi connectivity index (χ1v) is 8.85. The largest absolute Gasteiger partial charge is 0.481 e. The van der Waals surface area contributed by atoms with Gasteiger partial charge in [-0.3, -0.25) is 4.79 Å². The Morgan fingerprint density at radius 1 is 0.714 bits per heavy atom.